The van der Waals surface area contributed by atoms with E-state index in [-0.39, 0.29) is 11.8 Å². The van der Waals surface area contributed by atoms with Gasteiger partial charge in [0.15, 0.2) is 0 Å². The lowest BCUT2D eigenvalue weighted by atomic mass is 10.1. The molecule has 152 valence electrons. The summed E-state index contributed by atoms with van der Waals surface area (Å²) in [6.45, 7) is 3.82. The highest BCUT2D eigenvalue weighted by Crippen LogP contribution is 2.37. The van der Waals surface area contributed by atoms with Gasteiger partial charge in [-0.25, -0.2) is 4.98 Å². The van der Waals surface area contributed by atoms with Crippen LogP contribution in [-0.4, -0.2) is 29.1 Å². The molecule has 0 saturated carbocycles. The summed E-state index contributed by atoms with van der Waals surface area (Å²) in [5.74, 6) is 1.98. The molecule has 0 N–H and O–H groups in total. The maximum atomic E-state index is 12.9. The number of imidazole rings is 1. The molecule has 4 rings (SSSR count). The second-order valence-corrected chi connectivity index (χ2v) is 7.75. The average Bonchev–Trinajstić information content (AvgIpc) is 3.31. The monoisotopic (exact) mass is 391 g/mol. The zero-order valence-corrected chi connectivity index (χ0v) is 17.3. The molecule has 1 amide bonds. The number of para-hydroxylation sites is 4. The Morgan fingerprint density at radius 1 is 1.07 bits per heavy atom. The van der Waals surface area contributed by atoms with Crippen LogP contribution in [0.3, 0.4) is 0 Å². The van der Waals surface area contributed by atoms with Crippen molar-refractivity contribution in [2.45, 2.75) is 51.5 Å². The summed E-state index contributed by atoms with van der Waals surface area (Å²) in [7, 11) is 1.65. The first kappa shape index (κ1) is 19.5. The van der Waals surface area contributed by atoms with Crippen LogP contribution >= 0.6 is 0 Å². The number of hydrogen-bond acceptors (Lipinski definition) is 3. The summed E-state index contributed by atoms with van der Waals surface area (Å²) in [6.07, 6.45) is 5.32. The number of benzene rings is 2. The Morgan fingerprint density at radius 3 is 2.69 bits per heavy atom. The Hall–Kier alpha value is -2.82. The van der Waals surface area contributed by atoms with Crippen LogP contribution < -0.4 is 9.64 Å². The Kier molecular flexibility index (Phi) is 5.84. The third-order valence-electron chi connectivity index (χ3n) is 5.79. The standard InChI is InChI=1S/C24H29N3O2/c1-3-4-5-10-15-26-20-12-7-6-11-19(20)25-24(26)18-16-23(28)27(17-18)21-13-8-9-14-22(21)29-2/h6-9,11-14,18H,3-5,10,15-17H2,1-2H3/t18-/m1/s1. The Labute approximate surface area is 172 Å². The number of anilines is 1. The number of aromatic nitrogens is 2. The number of fused-ring (bicyclic) bond motifs is 1. The van der Waals surface area contributed by atoms with Gasteiger partial charge in [-0.3, -0.25) is 4.79 Å². The second kappa shape index (κ2) is 8.68. The van der Waals surface area contributed by atoms with Crippen molar-refractivity contribution in [2.24, 2.45) is 0 Å². The van der Waals surface area contributed by atoms with Crippen LogP contribution in [0.15, 0.2) is 48.5 Å². The van der Waals surface area contributed by atoms with E-state index >= 15 is 0 Å². The number of hydrogen-bond donors (Lipinski definition) is 0. The number of carbonyl (C=O) groups excluding carboxylic acids is 1. The molecule has 1 fully saturated rings. The zero-order valence-electron chi connectivity index (χ0n) is 17.3. The van der Waals surface area contributed by atoms with Gasteiger partial charge in [0.1, 0.15) is 11.6 Å². The average molecular weight is 392 g/mol. The Morgan fingerprint density at radius 2 is 1.86 bits per heavy atom. The van der Waals surface area contributed by atoms with Crippen LogP contribution in [0.25, 0.3) is 11.0 Å². The second-order valence-electron chi connectivity index (χ2n) is 7.75. The molecule has 5 heteroatoms. The minimum Gasteiger partial charge on any atom is -0.495 e. The fraction of sp³-hybridized carbons (Fsp3) is 0.417. The molecule has 0 aliphatic carbocycles. The van der Waals surface area contributed by atoms with Gasteiger partial charge in [0.25, 0.3) is 0 Å². The van der Waals surface area contributed by atoms with E-state index in [1.165, 1.54) is 24.8 Å². The van der Waals surface area contributed by atoms with E-state index in [0.717, 1.165) is 35.7 Å². The number of ether oxygens (including phenoxy) is 1. The molecule has 0 spiro atoms. The minimum atomic E-state index is 0.0889. The minimum absolute atomic E-state index is 0.0889. The fourth-order valence-electron chi connectivity index (χ4n) is 4.30. The van der Waals surface area contributed by atoms with Gasteiger partial charge in [0.05, 0.1) is 23.8 Å². The van der Waals surface area contributed by atoms with Crippen LogP contribution in [-0.2, 0) is 11.3 Å². The van der Waals surface area contributed by atoms with Gasteiger partial charge in [-0.2, -0.15) is 0 Å². The maximum Gasteiger partial charge on any atom is 0.227 e. The molecule has 29 heavy (non-hydrogen) atoms. The summed E-state index contributed by atoms with van der Waals surface area (Å²) in [4.78, 5) is 19.7. The van der Waals surface area contributed by atoms with Crippen molar-refractivity contribution in [1.29, 1.82) is 0 Å². The predicted molar refractivity (Wildman–Crippen MR) is 117 cm³/mol. The number of rotatable bonds is 8. The molecule has 2 aromatic carbocycles. The first-order chi connectivity index (χ1) is 14.2. The number of methoxy groups -OCH3 is 1. The van der Waals surface area contributed by atoms with Crippen molar-refractivity contribution in [3.05, 3.63) is 54.4 Å². The molecule has 1 aliphatic rings. The number of amides is 1. The molecule has 1 atom stereocenters. The van der Waals surface area contributed by atoms with Crippen molar-refractivity contribution in [1.82, 2.24) is 9.55 Å². The van der Waals surface area contributed by atoms with Gasteiger partial charge in [0, 0.05) is 25.4 Å². The largest absolute Gasteiger partial charge is 0.495 e. The lowest BCUT2D eigenvalue weighted by molar-refractivity contribution is -0.117. The number of carbonyl (C=O) groups is 1. The molecule has 2 heterocycles. The SMILES string of the molecule is CCCCCCn1c([C@@H]2CC(=O)N(c3ccccc3OC)C2)nc2ccccc21. The Balaban J connectivity index is 1.63. The van der Waals surface area contributed by atoms with E-state index in [4.69, 9.17) is 9.72 Å². The first-order valence-corrected chi connectivity index (χ1v) is 10.6. The molecule has 5 nitrogen and oxygen atoms in total. The van der Waals surface area contributed by atoms with Crippen LogP contribution in [0.4, 0.5) is 5.69 Å². The molecular weight excluding hydrogens is 362 g/mol. The summed E-state index contributed by atoms with van der Waals surface area (Å²) >= 11 is 0. The Bertz CT molecular complexity index is 995. The molecule has 0 bridgehead atoms. The third kappa shape index (κ3) is 3.86. The first-order valence-electron chi connectivity index (χ1n) is 10.6. The summed E-state index contributed by atoms with van der Waals surface area (Å²) < 4.78 is 7.82. The summed E-state index contributed by atoms with van der Waals surface area (Å²) in [5.41, 5.74) is 3.02. The lowest BCUT2D eigenvalue weighted by Crippen LogP contribution is -2.25. The smallest absolute Gasteiger partial charge is 0.227 e. The molecule has 0 radical (unpaired) electrons. The highest BCUT2D eigenvalue weighted by Gasteiger charge is 2.35. The molecular formula is C24H29N3O2. The van der Waals surface area contributed by atoms with Crippen molar-refractivity contribution < 1.29 is 9.53 Å². The molecule has 1 saturated heterocycles. The van der Waals surface area contributed by atoms with Crippen molar-refractivity contribution in [2.75, 3.05) is 18.6 Å². The van der Waals surface area contributed by atoms with Gasteiger partial charge < -0.3 is 14.2 Å². The van der Waals surface area contributed by atoms with Crippen LogP contribution in [0.1, 0.15) is 50.8 Å². The molecule has 1 aliphatic heterocycles. The summed E-state index contributed by atoms with van der Waals surface area (Å²) in [5, 5.41) is 0. The number of unbranched alkanes of at least 4 members (excludes halogenated alkanes) is 3. The van der Waals surface area contributed by atoms with E-state index in [0.29, 0.717) is 13.0 Å². The van der Waals surface area contributed by atoms with E-state index in [1.807, 2.05) is 35.2 Å². The van der Waals surface area contributed by atoms with Gasteiger partial charge in [-0.1, -0.05) is 50.5 Å². The molecule has 3 aromatic rings. The van der Waals surface area contributed by atoms with E-state index < -0.39 is 0 Å². The maximum absolute atomic E-state index is 12.9. The fourth-order valence-corrected chi connectivity index (χ4v) is 4.30. The van der Waals surface area contributed by atoms with Crippen LogP contribution in [0, 0.1) is 0 Å². The normalized spacial score (nSPS) is 16.7. The van der Waals surface area contributed by atoms with Gasteiger partial charge >= 0.3 is 0 Å². The summed E-state index contributed by atoms with van der Waals surface area (Å²) in [6, 6.07) is 16.0. The van der Waals surface area contributed by atoms with Crippen LogP contribution in [0.5, 0.6) is 5.75 Å². The predicted octanol–water partition coefficient (Wildman–Crippen LogP) is 5.15. The number of nitrogens with zero attached hydrogens (tertiary/aromatic N) is 3. The topological polar surface area (TPSA) is 47.4 Å². The third-order valence-corrected chi connectivity index (χ3v) is 5.79. The van der Waals surface area contributed by atoms with Crippen molar-refractivity contribution in [3.8, 4) is 5.75 Å². The lowest BCUT2D eigenvalue weighted by Gasteiger charge is -2.19. The van der Waals surface area contributed by atoms with Crippen molar-refractivity contribution in [3.63, 3.8) is 0 Å². The van der Waals surface area contributed by atoms with Gasteiger partial charge in [-0.15, -0.1) is 0 Å². The molecule has 0 unspecified atom stereocenters. The number of aryl methyl sites for hydroxylation is 1. The highest BCUT2D eigenvalue weighted by molar-refractivity contribution is 5.97. The van der Waals surface area contributed by atoms with E-state index in [1.54, 1.807) is 7.11 Å². The van der Waals surface area contributed by atoms with Gasteiger partial charge in [0.2, 0.25) is 5.91 Å². The molecule has 1 aromatic heterocycles. The highest BCUT2D eigenvalue weighted by atomic mass is 16.5. The quantitative estimate of drug-likeness (QED) is 0.499. The van der Waals surface area contributed by atoms with Crippen molar-refractivity contribution >= 4 is 22.6 Å². The van der Waals surface area contributed by atoms with Gasteiger partial charge in [-0.05, 0) is 30.7 Å². The van der Waals surface area contributed by atoms with Crippen LogP contribution in [0.2, 0.25) is 0 Å². The van der Waals surface area contributed by atoms with E-state index in [9.17, 15) is 4.79 Å². The zero-order chi connectivity index (χ0) is 20.2. The van der Waals surface area contributed by atoms with E-state index in [2.05, 4.69) is 29.7 Å².